The fraction of sp³-hybridized carbons (Fsp3) is 0.750. The molecule has 0 fully saturated rings. The van der Waals surface area contributed by atoms with Gasteiger partial charge in [-0.05, 0) is 51.3 Å². The molecule has 0 saturated carbocycles. The van der Waals surface area contributed by atoms with Crippen LogP contribution in [0.5, 0.6) is 0 Å². The highest BCUT2D eigenvalue weighted by atomic mass is 15.1. The lowest BCUT2D eigenvalue weighted by Crippen LogP contribution is -2.23. The smallest absolute Gasteiger partial charge is 0.0626 e. The molecular formula is C12H23N3. The summed E-state index contributed by atoms with van der Waals surface area (Å²) in [7, 11) is 0. The molecule has 0 aliphatic carbocycles. The van der Waals surface area contributed by atoms with Gasteiger partial charge in [-0.3, -0.25) is 5.10 Å². The Labute approximate surface area is 92.7 Å². The van der Waals surface area contributed by atoms with Gasteiger partial charge in [0, 0.05) is 5.69 Å². The van der Waals surface area contributed by atoms with Gasteiger partial charge in [0.25, 0.3) is 0 Å². The molecule has 1 aromatic rings. The van der Waals surface area contributed by atoms with Crippen molar-refractivity contribution >= 4 is 0 Å². The van der Waals surface area contributed by atoms with E-state index in [1.54, 1.807) is 0 Å². The van der Waals surface area contributed by atoms with Crippen LogP contribution in [-0.2, 0) is 6.42 Å². The van der Waals surface area contributed by atoms with Crippen LogP contribution in [0.15, 0.2) is 0 Å². The Bertz CT molecular complexity index is 272. The lowest BCUT2D eigenvalue weighted by atomic mass is 10.00. The zero-order valence-electron chi connectivity index (χ0n) is 10.4. The molecular weight excluding hydrogens is 186 g/mol. The van der Waals surface area contributed by atoms with Gasteiger partial charge in [-0.25, -0.2) is 0 Å². The van der Waals surface area contributed by atoms with E-state index in [0.717, 1.165) is 25.2 Å². The van der Waals surface area contributed by atoms with Crippen molar-refractivity contribution in [2.75, 3.05) is 13.1 Å². The highest BCUT2D eigenvalue weighted by Gasteiger charge is 2.10. The van der Waals surface area contributed by atoms with E-state index in [4.69, 9.17) is 0 Å². The van der Waals surface area contributed by atoms with E-state index >= 15 is 0 Å². The minimum Gasteiger partial charge on any atom is -0.316 e. The Morgan fingerprint density at radius 2 is 2.13 bits per heavy atom. The van der Waals surface area contributed by atoms with Crippen molar-refractivity contribution in [2.45, 2.75) is 40.5 Å². The Morgan fingerprint density at radius 3 is 2.67 bits per heavy atom. The van der Waals surface area contributed by atoms with Gasteiger partial charge in [0.2, 0.25) is 0 Å². The summed E-state index contributed by atoms with van der Waals surface area (Å²) in [6.07, 6.45) is 2.32. The van der Waals surface area contributed by atoms with Gasteiger partial charge in [0.15, 0.2) is 0 Å². The van der Waals surface area contributed by atoms with Gasteiger partial charge < -0.3 is 5.32 Å². The van der Waals surface area contributed by atoms with Crippen molar-refractivity contribution in [1.29, 1.82) is 0 Å². The number of rotatable bonds is 6. The molecule has 1 heterocycles. The Balaban J connectivity index is 2.40. The van der Waals surface area contributed by atoms with Crippen LogP contribution in [0, 0.1) is 19.8 Å². The minimum absolute atomic E-state index is 0.673. The van der Waals surface area contributed by atoms with E-state index in [2.05, 4.69) is 43.2 Å². The molecule has 86 valence electrons. The third kappa shape index (κ3) is 3.67. The molecule has 0 saturated heterocycles. The van der Waals surface area contributed by atoms with E-state index in [0.29, 0.717) is 5.92 Å². The van der Waals surface area contributed by atoms with E-state index in [1.807, 2.05) is 0 Å². The summed E-state index contributed by atoms with van der Waals surface area (Å²) < 4.78 is 0. The zero-order chi connectivity index (χ0) is 11.3. The first-order valence-electron chi connectivity index (χ1n) is 5.86. The van der Waals surface area contributed by atoms with Gasteiger partial charge in [-0.1, -0.05) is 13.8 Å². The zero-order valence-corrected chi connectivity index (χ0v) is 10.4. The number of nitrogens with zero attached hydrogens (tertiary/aromatic N) is 1. The topological polar surface area (TPSA) is 40.7 Å². The van der Waals surface area contributed by atoms with Crippen LogP contribution >= 0.6 is 0 Å². The maximum Gasteiger partial charge on any atom is 0.0626 e. The number of aryl methyl sites for hydroxylation is 2. The first kappa shape index (κ1) is 12.2. The molecule has 0 spiro atoms. The van der Waals surface area contributed by atoms with Crippen LogP contribution < -0.4 is 5.32 Å². The second kappa shape index (κ2) is 5.91. The van der Waals surface area contributed by atoms with Crippen LogP contribution in [0.4, 0.5) is 0 Å². The van der Waals surface area contributed by atoms with E-state index in [9.17, 15) is 0 Å². The fourth-order valence-corrected chi connectivity index (χ4v) is 1.82. The van der Waals surface area contributed by atoms with Crippen molar-refractivity contribution in [3.8, 4) is 0 Å². The standard InChI is InChI=1S/C12H23N3/c1-5-6-13-8-9(2)7-12-10(3)14-15-11(12)4/h9,13H,5-8H2,1-4H3,(H,14,15). The molecule has 3 nitrogen and oxygen atoms in total. The van der Waals surface area contributed by atoms with Gasteiger partial charge >= 0.3 is 0 Å². The summed E-state index contributed by atoms with van der Waals surface area (Å²) >= 11 is 0. The first-order valence-corrected chi connectivity index (χ1v) is 5.86. The summed E-state index contributed by atoms with van der Waals surface area (Å²) in [5.41, 5.74) is 3.76. The maximum absolute atomic E-state index is 4.22. The van der Waals surface area contributed by atoms with Gasteiger partial charge in [0.1, 0.15) is 0 Å². The Hall–Kier alpha value is -0.830. The Morgan fingerprint density at radius 1 is 1.40 bits per heavy atom. The molecule has 3 heteroatoms. The third-order valence-corrected chi connectivity index (χ3v) is 2.75. The number of hydrogen-bond donors (Lipinski definition) is 2. The van der Waals surface area contributed by atoms with Crippen molar-refractivity contribution in [2.24, 2.45) is 5.92 Å². The van der Waals surface area contributed by atoms with E-state index < -0.39 is 0 Å². The molecule has 0 aliphatic rings. The van der Waals surface area contributed by atoms with Gasteiger partial charge in [-0.15, -0.1) is 0 Å². The van der Waals surface area contributed by atoms with Crippen molar-refractivity contribution in [3.05, 3.63) is 17.0 Å². The Kier molecular flexibility index (Phi) is 4.82. The number of nitrogens with one attached hydrogen (secondary N) is 2. The van der Waals surface area contributed by atoms with Crippen LogP contribution in [-0.4, -0.2) is 23.3 Å². The van der Waals surface area contributed by atoms with Crippen molar-refractivity contribution in [1.82, 2.24) is 15.5 Å². The molecule has 0 amide bonds. The number of H-pyrrole nitrogens is 1. The predicted octanol–water partition coefficient (Wildman–Crippen LogP) is 2.20. The normalized spacial score (nSPS) is 13.1. The average molecular weight is 209 g/mol. The fourth-order valence-electron chi connectivity index (χ4n) is 1.82. The summed E-state index contributed by atoms with van der Waals surface area (Å²) in [4.78, 5) is 0. The van der Waals surface area contributed by atoms with Crippen LogP contribution in [0.25, 0.3) is 0 Å². The highest BCUT2D eigenvalue weighted by molar-refractivity contribution is 5.23. The van der Waals surface area contributed by atoms with E-state index in [-0.39, 0.29) is 0 Å². The summed E-state index contributed by atoms with van der Waals surface area (Å²) in [5, 5.41) is 10.7. The summed E-state index contributed by atoms with van der Waals surface area (Å²) in [6.45, 7) is 10.9. The summed E-state index contributed by atoms with van der Waals surface area (Å²) in [5.74, 6) is 0.673. The lowest BCUT2D eigenvalue weighted by molar-refractivity contribution is 0.509. The molecule has 1 atom stereocenters. The van der Waals surface area contributed by atoms with Crippen LogP contribution in [0.1, 0.15) is 37.2 Å². The minimum atomic E-state index is 0.673. The van der Waals surface area contributed by atoms with Gasteiger partial charge in [-0.2, -0.15) is 5.10 Å². The van der Waals surface area contributed by atoms with Crippen LogP contribution in [0.3, 0.4) is 0 Å². The average Bonchev–Trinajstić information content (AvgIpc) is 2.50. The number of hydrogen-bond acceptors (Lipinski definition) is 2. The number of aromatic nitrogens is 2. The predicted molar refractivity (Wildman–Crippen MR) is 64.1 cm³/mol. The third-order valence-electron chi connectivity index (χ3n) is 2.75. The van der Waals surface area contributed by atoms with Gasteiger partial charge in [0.05, 0.1) is 5.69 Å². The highest BCUT2D eigenvalue weighted by Crippen LogP contribution is 2.14. The summed E-state index contributed by atoms with van der Waals surface area (Å²) in [6, 6.07) is 0. The molecule has 2 N–H and O–H groups in total. The lowest BCUT2D eigenvalue weighted by Gasteiger charge is -2.12. The van der Waals surface area contributed by atoms with Crippen molar-refractivity contribution in [3.63, 3.8) is 0 Å². The number of aromatic amines is 1. The van der Waals surface area contributed by atoms with Crippen LogP contribution in [0.2, 0.25) is 0 Å². The SMILES string of the molecule is CCCNCC(C)Cc1c(C)n[nH]c1C. The molecule has 0 aliphatic heterocycles. The monoisotopic (exact) mass is 209 g/mol. The second-order valence-corrected chi connectivity index (χ2v) is 4.43. The molecule has 0 aromatic carbocycles. The molecule has 1 aromatic heterocycles. The largest absolute Gasteiger partial charge is 0.316 e. The molecule has 0 bridgehead atoms. The first-order chi connectivity index (χ1) is 7.15. The van der Waals surface area contributed by atoms with E-state index in [1.165, 1.54) is 17.7 Å². The molecule has 1 unspecified atom stereocenters. The quantitative estimate of drug-likeness (QED) is 0.705. The molecule has 15 heavy (non-hydrogen) atoms. The molecule has 1 rings (SSSR count). The second-order valence-electron chi connectivity index (χ2n) is 4.43. The maximum atomic E-state index is 4.22. The molecule has 0 radical (unpaired) electrons. The van der Waals surface area contributed by atoms with Crippen molar-refractivity contribution < 1.29 is 0 Å².